The van der Waals surface area contributed by atoms with E-state index in [1.54, 1.807) is 13.0 Å². The van der Waals surface area contributed by atoms with E-state index in [0.29, 0.717) is 0 Å². The third kappa shape index (κ3) is 2.14. The van der Waals surface area contributed by atoms with Crippen LogP contribution in [0.15, 0.2) is 18.2 Å². The molecule has 2 nitrogen and oxygen atoms in total. The number of ketones is 1. The van der Waals surface area contributed by atoms with Crippen molar-refractivity contribution >= 4 is 5.78 Å². The van der Waals surface area contributed by atoms with Crippen LogP contribution >= 0.6 is 0 Å². The number of Topliss-reactive ketones (excluding diaryl/α,β-unsaturated/α-hetero) is 1. The number of hydrogen-bond donors (Lipinski definition) is 1. The Balaban J connectivity index is 3.22. The van der Waals surface area contributed by atoms with Crippen LogP contribution in [0, 0.1) is 6.92 Å². The summed E-state index contributed by atoms with van der Waals surface area (Å²) < 4.78 is 24.9. The van der Waals surface area contributed by atoms with Gasteiger partial charge in [0.05, 0.1) is 6.54 Å². The molecule has 1 rings (SSSR count). The van der Waals surface area contributed by atoms with Crippen molar-refractivity contribution in [3.63, 3.8) is 0 Å². The zero-order valence-electron chi connectivity index (χ0n) is 7.76. The molecule has 0 radical (unpaired) electrons. The topological polar surface area (TPSA) is 43.1 Å². The maximum absolute atomic E-state index is 12.5. The Bertz CT molecular complexity index is 350. The molecule has 0 aliphatic heterocycles. The molecule has 2 N–H and O–H groups in total. The van der Waals surface area contributed by atoms with Crippen LogP contribution < -0.4 is 5.73 Å². The molecule has 4 heteroatoms. The summed E-state index contributed by atoms with van der Waals surface area (Å²) in [5, 5.41) is 0. The summed E-state index contributed by atoms with van der Waals surface area (Å²) in [4.78, 5) is 11.2. The molecule has 0 aliphatic rings. The molecule has 14 heavy (non-hydrogen) atoms. The summed E-state index contributed by atoms with van der Waals surface area (Å²) in [6.45, 7) is 1.49. The molecule has 0 amide bonds. The van der Waals surface area contributed by atoms with Gasteiger partial charge in [-0.3, -0.25) is 4.79 Å². The van der Waals surface area contributed by atoms with E-state index in [-0.39, 0.29) is 17.7 Å². The largest absolute Gasteiger partial charge is 0.324 e. The van der Waals surface area contributed by atoms with Gasteiger partial charge in [-0.25, -0.2) is 8.78 Å². The molecule has 1 aromatic carbocycles. The van der Waals surface area contributed by atoms with Crippen molar-refractivity contribution in [3.05, 3.63) is 34.9 Å². The maximum atomic E-state index is 12.5. The van der Waals surface area contributed by atoms with E-state index in [2.05, 4.69) is 0 Å². The Morgan fingerprint density at radius 3 is 2.64 bits per heavy atom. The molecule has 0 bridgehead atoms. The zero-order chi connectivity index (χ0) is 10.7. The van der Waals surface area contributed by atoms with Crippen LogP contribution in [0.4, 0.5) is 8.78 Å². The Morgan fingerprint density at radius 2 is 2.14 bits per heavy atom. The predicted octanol–water partition coefficient (Wildman–Crippen LogP) is 2.07. The summed E-state index contributed by atoms with van der Waals surface area (Å²) >= 11 is 0. The first-order valence-corrected chi connectivity index (χ1v) is 4.18. The van der Waals surface area contributed by atoms with Crippen LogP contribution in [-0.2, 0) is 0 Å². The summed E-state index contributed by atoms with van der Waals surface area (Å²) in [7, 11) is 0. The number of rotatable bonds is 3. The Labute approximate surface area is 80.7 Å². The average Bonchev–Trinajstić information content (AvgIpc) is 2.16. The summed E-state index contributed by atoms with van der Waals surface area (Å²) in [5.74, 6) is -0.455. The van der Waals surface area contributed by atoms with E-state index in [4.69, 9.17) is 5.73 Å². The van der Waals surface area contributed by atoms with Gasteiger partial charge in [0, 0.05) is 11.1 Å². The molecule has 0 heterocycles. The molecular formula is C10H11F2NO. The molecule has 1 aromatic rings. The van der Waals surface area contributed by atoms with Gasteiger partial charge in [0.15, 0.2) is 5.78 Å². The van der Waals surface area contributed by atoms with Crippen LogP contribution in [0.5, 0.6) is 0 Å². The third-order valence-electron chi connectivity index (χ3n) is 1.93. The van der Waals surface area contributed by atoms with Crippen LogP contribution in [0.3, 0.4) is 0 Å². The normalized spacial score (nSPS) is 10.6. The van der Waals surface area contributed by atoms with Crippen LogP contribution in [0.25, 0.3) is 0 Å². The van der Waals surface area contributed by atoms with Crippen LogP contribution in [-0.4, -0.2) is 12.3 Å². The lowest BCUT2D eigenvalue weighted by Crippen LogP contribution is -2.15. The van der Waals surface area contributed by atoms with Crippen molar-refractivity contribution in [2.75, 3.05) is 6.54 Å². The highest BCUT2D eigenvalue weighted by molar-refractivity contribution is 5.99. The Morgan fingerprint density at radius 1 is 1.50 bits per heavy atom. The molecule has 0 aliphatic carbocycles. The van der Waals surface area contributed by atoms with Gasteiger partial charge in [0.25, 0.3) is 6.43 Å². The first kappa shape index (κ1) is 10.8. The molecule has 0 saturated heterocycles. The summed E-state index contributed by atoms with van der Waals surface area (Å²) in [5.41, 5.74) is 5.68. The lowest BCUT2D eigenvalue weighted by molar-refractivity contribution is 0.0987. The van der Waals surface area contributed by atoms with E-state index in [0.717, 1.165) is 5.56 Å². The minimum absolute atomic E-state index is 0.0301. The van der Waals surface area contributed by atoms with Crippen LogP contribution in [0.1, 0.15) is 27.9 Å². The van der Waals surface area contributed by atoms with E-state index in [1.165, 1.54) is 12.1 Å². The van der Waals surface area contributed by atoms with Crippen molar-refractivity contribution in [2.45, 2.75) is 13.3 Å². The number of hydrogen-bond acceptors (Lipinski definition) is 2. The number of carbonyl (C=O) groups is 1. The molecule has 0 atom stereocenters. The molecule has 76 valence electrons. The first-order valence-electron chi connectivity index (χ1n) is 4.18. The van der Waals surface area contributed by atoms with Gasteiger partial charge >= 0.3 is 0 Å². The number of aryl methyl sites for hydroxylation is 1. The number of benzene rings is 1. The lowest BCUT2D eigenvalue weighted by Gasteiger charge is -2.07. The number of halogens is 2. The highest BCUT2D eigenvalue weighted by atomic mass is 19.3. The second-order valence-electron chi connectivity index (χ2n) is 3.02. The van der Waals surface area contributed by atoms with E-state index < -0.39 is 12.2 Å². The van der Waals surface area contributed by atoms with Gasteiger partial charge < -0.3 is 5.73 Å². The van der Waals surface area contributed by atoms with Crippen molar-refractivity contribution in [1.82, 2.24) is 0 Å². The SMILES string of the molecule is Cc1ccc(C(F)F)c(C(=O)CN)c1. The number of carbonyl (C=O) groups excluding carboxylic acids is 1. The highest BCUT2D eigenvalue weighted by Crippen LogP contribution is 2.23. The van der Waals surface area contributed by atoms with Gasteiger partial charge in [-0.05, 0) is 13.0 Å². The fourth-order valence-corrected chi connectivity index (χ4v) is 1.21. The smallest absolute Gasteiger partial charge is 0.264 e. The van der Waals surface area contributed by atoms with Crippen LogP contribution in [0.2, 0.25) is 0 Å². The highest BCUT2D eigenvalue weighted by Gasteiger charge is 2.16. The summed E-state index contributed by atoms with van der Waals surface area (Å²) in [6, 6.07) is 4.26. The number of nitrogens with two attached hydrogens (primary N) is 1. The standard InChI is InChI=1S/C10H11F2NO/c1-6-2-3-7(10(11)12)8(4-6)9(14)5-13/h2-4,10H,5,13H2,1H3. The van der Waals surface area contributed by atoms with Crippen molar-refractivity contribution in [3.8, 4) is 0 Å². The van der Waals surface area contributed by atoms with E-state index in [1.807, 2.05) is 0 Å². The maximum Gasteiger partial charge on any atom is 0.264 e. The number of alkyl halides is 2. The van der Waals surface area contributed by atoms with E-state index >= 15 is 0 Å². The first-order chi connectivity index (χ1) is 6.56. The van der Waals surface area contributed by atoms with Crippen molar-refractivity contribution in [1.29, 1.82) is 0 Å². The Hall–Kier alpha value is -1.29. The van der Waals surface area contributed by atoms with Crippen molar-refractivity contribution in [2.24, 2.45) is 5.73 Å². The minimum Gasteiger partial charge on any atom is -0.324 e. The van der Waals surface area contributed by atoms with Gasteiger partial charge in [-0.2, -0.15) is 0 Å². The second-order valence-corrected chi connectivity index (χ2v) is 3.02. The molecule has 0 spiro atoms. The molecule has 0 saturated carbocycles. The van der Waals surface area contributed by atoms with E-state index in [9.17, 15) is 13.6 Å². The second kappa shape index (κ2) is 4.28. The monoisotopic (exact) mass is 199 g/mol. The third-order valence-corrected chi connectivity index (χ3v) is 1.93. The predicted molar refractivity (Wildman–Crippen MR) is 49.5 cm³/mol. The molecule has 0 aromatic heterocycles. The fraction of sp³-hybridized carbons (Fsp3) is 0.300. The van der Waals surface area contributed by atoms with Gasteiger partial charge in [-0.1, -0.05) is 17.7 Å². The molecule has 0 fully saturated rings. The average molecular weight is 199 g/mol. The van der Waals surface area contributed by atoms with Gasteiger partial charge in [0.2, 0.25) is 0 Å². The van der Waals surface area contributed by atoms with Gasteiger partial charge in [-0.15, -0.1) is 0 Å². The Kier molecular flexibility index (Phi) is 3.30. The molecule has 0 unspecified atom stereocenters. The van der Waals surface area contributed by atoms with Crippen molar-refractivity contribution < 1.29 is 13.6 Å². The minimum atomic E-state index is -2.64. The zero-order valence-corrected chi connectivity index (χ0v) is 7.76. The molecular weight excluding hydrogens is 188 g/mol. The quantitative estimate of drug-likeness (QED) is 0.757. The summed E-state index contributed by atoms with van der Waals surface area (Å²) in [6.07, 6.45) is -2.64. The van der Waals surface area contributed by atoms with Gasteiger partial charge in [0.1, 0.15) is 0 Å². The lowest BCUT2D eigenvalue weighted by atomic mass is 10.0. The fourth-order valence-electron chi connectivity index (χ4n) is 1.21.